The number of imidazole rings is 1. The zero-order chi connectivity index (χ0) is 20.6. The van der Waals surface area contributed by atoms with E-state index in [9.17, 15) is 14.7 Å². The van der Waals surface area contributed by atoms with Crippen molar-refractivity contribution in [1.82, 2.24) is 19.6 Å². The fourth-order valence-electron chi connectivity index (χ4n) is 3.42. The molecule has 3 aromatic rings. The van der Waals surface area contributed by atoms with E-state index in [1.54, 1.807) is 23.2 Å². The first-order valence-corrected chi connectivity index (χ1v) is 10.5. The molecular formula is C21H24N4O3S. The van der Waals surface area contributed by atoms with Gasteiger partial charge in [-0.25, -0.2) is 4.98 Å². The van der Waals surface area contributed by atoms with E-state index in [1.165, 1.54) is 11.3 Å². The Labute approximate surface area is 173 Å². The van der Waals surface area contributed by atoms with E-state index >= 15 is 0 Å². The Morgan fingerprint density at radius 3 is 2.86 bits per heavy atom. The predicted molar refractivity (Wildman–Crippen MR) is 111 cm³/mol. The van der Waals surface area contributed by atoms with Crippen molar-refractivity contribution < 1.29 is 14.7 Å². The number of amides is 2. The lowest BCUT2D eigenvalue weighted by Crippen LogP contribution is -2.61. The quantitative estimate of drug-likeness (QED) is 0.651. The number of nitrogens with zero attached hydrogens (tertiary/aromatic N) is 3. The van der Waals surface area contributed by atoms with Gasteiger partial charge in [-0.3, -0.25) is 9.59 Å². The van der Waals surface area contributed by atoms with Crippen LogP contribution >= 0.6 is 11.3 Å². The number of fused-ring (bicyclic) bond motifs is 1. The number of nitrogens with one attached hydrogen (secondary N) is 1. The third kappa shape index (κ3) is 3.77. The van der Waals surface area contributed by atoms with Gasteiger partial charge in [-0.15, -0.1) is 11.3 Å². The minimum absolute atomic E-state index is 0.0366. The summed E-state index contributed by atoms with van der Waals surface area (Å²) in [6.07, 6.45) is 6.29. The molecule has 1 aliphatic heterocycles. The Bertz CT molecular complexity index is 1050. The Morgan fingerprint density at radius 1 is 1.31 bits per heavy atom. The Morgan fingerprint density at radius 2 is 2.10 bits per heavy atom. The van der Waals surface area contributed by atoms with E-state index in [1.807, 2.05) is 42.8 Å². The van der Waals surface area contributed by atoms with E-state index in [0.29, 0.717) is 11.4 Å². The SMILES string of the molecule is CC[C@H](C)C(=O)N1CC(O)(c2ccc(C(=O)NCc3ccn4ccnc4c3)s2)C1. The van der Waals surface area contributed by atoms with Gasteiger partial charge in [0, 0.05) is 35.9 Å². The van der Waals surface area contributed by atoms with E-state index in [-0.39, 0.29) is 30.8 Å². The van der Waals surface area contributed by atoms with Gasteiger partial charge in [0.15, 0.2) is 0 Å². The van der Waals surface area contributed by atoms with Crippen LogP contribution in [0.25, 0.3) is 5.65 Å². The van der Waals surface area contributed by atoms with Crippen LogP contribution in [0, 0.1) is 5.92 Å². The van der Waals surface area contributed by atoms with Crippen LogP contribution in [0.5, 0.6) is 0 Å². The number of carbonyl (C=O) groups excluding carboxylic acids is 2. The van der Waals surface area contributed by atoms with Gasteiger partial charge >= 0.3 is 0 Å². The molecule has 4 rings (SSSR count). The summed E-state index contributed by atoms with van der Waals surface area (Å²) >= 11 is 1.27. The number of thiophene rings is 1. The molecule has 2 amide bonds. The molecule has 8 heteroatoms. The molecule has 0 unspecified atom stereocenters. The predicted octanol–water partition coefficient (Wildman–Crippen LogP) is 2.40. The molecule has 0 spiro atoms. The molecule has 3 aromatic heterocycles. The number of hydrogen-bond acceptors (Lipinski definition) is 5. The van der Waals surface area contributed by atoms with Crippen molar-refractivity contribution >= 4 is 28.8 Å². The fraction of sp³-hybridized carbons (Fsp3) is 0.381. The molecule has 0 bridgehead atoms. The van der Waals surface area contributed by atoms with Gasteiger partial charge in [0.05, 0.1) is 18.0 Å². The highest BCUT2D eigenvalue weighted by Crippen LogP contribution is 2.37. The van der Waals surface area contributed by atoms with Crippen molar-refractivity contribution in [3.05, 3.63) is 58.2 Å². The third-order valence-electron chi connectivity index (χ3n) is 5.45. The van der Waals surface area contributed by atoms with Crippen LogP contribution < -0.4 is 5.32 Å². The molecule has 1 aliphatic rings. The zero-order valence-corrected chi connectivity index (χ0v) is 17.3. The molecule has 0 radical (unpaired) electrons. The van der Waals surface area contributed by atoms with Gasteiger partial charge in [0.1, 0.15) is 11.2 Å². The van der Waals surface area contributed by atoms with Crippen LogP contribution in [0.15, 0.2) is 42.9 Å². The van der Waals surface area contributed by atoms with E-state index in [2.05, 4.69) is 10.3 Å². The first kappa shape index (κ1) is 19.6. The Kier molecular flexibility index (Phi) is 5.14. The monoisotopic (exact) mass is 412 g/mol. The van der Waals surface area contributed by atoms with Crippen LogP contribution in [0.2, 0.25) is 0 Å². The number of aromatic nitrogens is 2. The zero-order valence-electron chi connectivity index (χ0n) is 16.5. The maximum absolute atomic E-state index is 12.5. The highest BCUT2D eigenvalue weighted by molar-refractivity contribution is 7.14. The molecular weight excluding hydrogens is 388 g/mol. The summed E-state index contributed by atoms with van der Waals surface area (Å²) in [5, 5.41) is 13.7. The molecule has 1 saturated heterocycles. The van der Waals surface area contributed by atoms with Crippen LogP contribution in [0.1, 0.15) is 40.4 Å². The van der Waals surface area contributed by atoms with Crippen LogP contribution in [0.3, 0.4) is 0 Å². The number of rotatable bonds is 6. The Balaban J connectivity index is 1.36. The molecule has 1 atom stereocenters. The summed E-state index contributed by atoms with van der Waals surface area (Å²) in [4.78, 5) is 31.9. The second-order valence-electron chi connectivity index (χ2n) is 7.61. The first-order chi connectivity index (χ1) is 13.9. The fourth-order valence-corrected chi connectivity index (χ4v) is 4.42. The summed E-state index contributed by atoms with van der Waals surface area (Å²) in [5.74, 6) is -0.147. The van der Waals surface area contributed by atoms with Crippen molar-refractivity contribution in [3.63, 3.8) is 0 Å². The first-order valence-electron chi connectivity index (χ1n) is 9.71. The van der Waals surface area contributed by atoms with Gasteiger partial charge in [-0.05, 0) is 36.2 Å². The minimum atomic E-state index is -1.06. The number of pyridine rings is 1. The molecule has 1 fully saturated rings. The molecule has 4 heterocycles. The smallest absolute Gasteiger partial charge is 0.261 e. The second kappa shape index (κ2) is 7.61. The summed E-state index contributed by atoms with van der Waals surface area (Å²) < 4.78 is 1.91. The lowest BCUT2D eigenvalue weighted by Gasteiger charge is -2.46. The van der Waals surface area contributed by atoms with Crippen LogP contribution in [-0.4, -0.2) is 44.3 Å². The van der Waals surface area contributed by atoms with Gasteiger partial charge in [-0.1, -0.05) is 13.8 Å². The van der Waals surface area contributed by atoms with Crippen LogP contribution in [-0.2, 0) is 16.9 Å². The normalized spacial score (nSPS) is 16.4. The molecule has 2 N–H and O–H groups in total. The van der Waals surface area contributed by atoms with E-state index in [4.69, 9.17) is 0 Å². The van der Waals surface area contributed by atoms with E-state index in [0.717, 1.165) is 22.5 Å². The van der Waals surface area contributed by atoms with Crippen molar-refractivity contribution in [1.29, 1.82) is 0 Å². The third-order valence-corrected chi connectivity index (χ3v) is 6.73. The molecule has 0 aliphatic carbocycles. The summed E-state index contributed by atoms with van der Waals surface area (Å²) in [7, 11) is 0. The van der Waals surface area contributed by atoms with Crippen molar-refractivity contribution in [2.24, 2.45) is 5.92 Å². The topological polar surface area (TPSA) is 86.9 Å². The van der Waals surface area contributed by atoms with Gasteiger partial charge in [0.2, 0.25) is 5.91 Å². The summed E-state index contributed by atoms with van der Waals surface area (Å²) in [6, 6.07) is 7.38. The average molecular weight is 413 g/mol. The lowest BCUT2D eigenvalue weighted by atomic mass is 9.90. The second-order valence-corrected chi connectivity index (χ2v) is 8.69. The highest BCUT2D eigenvalue weighted by Gasteiger charge is 2.46. The number of hydrogen-bond donors (Lipinski definition) is 2. The largest absolute Gasteiger partial charge is 0.381 e. The molecule has 29 heavy (non-hydrogen) atoms. The number of aliphatic hydroxyl groups is 1. The summed E-state index contributed by atoms with van der Waals surface area (Å²) in [6.45, 7) is 4.84. The van der Waals surface area contributed by atoms with Crippen molar-refractivity contribution in [2.45, 2.75) is 32.4 Å². The van der Waals surface area contributed by atoms with Crippen molar-refractivity contribution in [3.8, 4) is 0 Å². The summed E-state index contributed by atoms with van der Waals surface area (Å²) in [5.41, 5.74) is 0.738. The highest BCUT2D eigenvalue weighted by atomic mass is 32.1. The molecule has 0 saturated carbocycles. The average Bonchev–Trinajstić information content (AvgIpc) is 3.37. The van der Waals surface area contributed by atoms with Crippen molar-refractivity contribution in [2.75, 3.05) is 13.1 Å². The number of likely N-dealkylation sites (tertiary alicyclic amines) is 1. The minimum Gasteiger partial charge on any atom is -0.381 e. The van der Waals surface area contributed by atoms with Crippen LogP contribution in [0.4, 0.5) is 0 Å². The number of carbonyl (C=O) groups is 2. The number of β-amino-alcohol motifs (C(OH)–C–C–N with tert-alkyl or cyclic N) is 1. The molecule has 7 nitrogen and oxygen atoms in total. The van der Waals surface area contributed by atoms with Gasteiger partial charge in [-0.2, -0.15) is 0 Å². The van der Waals surface area contributed by atoms with E-state index < -0.39 is 5.60 Å². The maximum atomic E-state index is 12.5. The Hall–Kier alpha value is -2.71. The van der Waals surface area contributed by atoms with Gasteiger partial charge < -0.3 is 19.7 Å². The maximum Gasteiger partial charge on any atom is 0.261 e. The molecule has 0 aromatic carbocycles. The molecule has 152 valence electrons. The standard InChI is InChI=1S/C21H24N4O3S/c1-3-14(2)20(27)25-12-21(28,13-25)17-5-4-16(29-17)19(26)23-11-15-6-8-24-9-7-22-18(24)10-15/h4-10,14,28H,3,11-13H2,1-2H3,(H,23,26)/t14-/m0/s1. The van der Waals surface area contributed by atoms with Gasteiger partial charge in [0.25, 0.3) is 5.91 Å². The lowest BCUT2D eigenvalue weighted by molar-refractivity contribution is -0.160.